The number of para-hydroxylation sites is 1. The lowest BCUT2D eigenvalue weighted by Gasteiger charge is -2.37. The van der Waals surface area contributed by atoms with Gasteiger partial charge in [0.15, 0.2) is 17.3 Å². The van der Waals surface area contributed by atoms with Crippen LogP contribution in [0.1, 0.15) is 48.1 Å². The fourth-order valence-corrected chi connectivity index (χ4v) is 7.47. The summed E-state index contributed by atoms with van der Waals surface area (Å²) in [6, 6.07) is 24.8. The third kappa shape index (κ3) is 3.52. The summed E-state index contributed by atoms with van der Waals surface area (Å²) < 4.78 is 5.31. The molecule has 1 saturated heterocycles. The molecule has 0 unspecified atom stereocenters. The monoisotopic (exact) mass is 579 g/mol. The van der Waals surface area contributed by atoms with Gasteiger partial charge in [-0.05, 0) is 53.6 Å². The van der Waals surface area contributed by atoms with Gasteiger partial charge in [0.2, 0.25) is 0 Å². The second-order valence-electron chi connectivity index (χ2n) is 10.5. The van der Waals surface area contributed by atoms with Gasteiger partial charge < -0.3 is 9.64 Å². The normalized spacial score (nSPS) is 21.5. The number of fused-ring (bicyclic) bond motifs is 5. The van der Waals surface area contributed by atoms with Gasteiger partial charge in [0.1, 0.15) is 17.2 Å². The summed E-state index contributed by atoms with van der Waals surface area (Å²) in [4.78, 5) is 46.0. The van der Waals surface area contributed by atoms with Gasteiger partial charge in [-0.25, -0.2) is 0 Å². The first-order valence-electron chi connectivity index (χ1n) is 13.3. The number of carbonyl (C=O) groups is 3. The van der Waals surface area contributed by atoms with Crippen LogP contribution in [-0.2, 0) is 0 Å². The highest BCUT2D eigenvalue weighted by molar-refractivity contribution is 6.36. The van der Waals surface area contributed by atoms with E-state index in [9.17, 15) is 14.4 Å². The number of hydrogen-bond acceptors (Lipinski definition) is 5. The third-order valence-electron chi connectivity index (χ3n) is 8.65. The molecular formula is C34H23Cl2NO4. The van der Waals surface area contributed by atoms with E-state index in [0.29, 0.717) is 38.0 Å². The fraction of sp³-hybridized carbons (Fsp3) is 0.147. The highest BCUT2D eigenvalue weighted by atomic mass is 35.5. The molecule has 1 fully saturated rings. The van der Waals surface area contributed by atoms with Gasteiger partial charge in [-0.1, -0.05) is 83.9 Å². The molecule has 7 heteroatoms. The summed E-state index contributed by atoms with van der Waals surface area (Å²) in [5.41, 5.74) is 1.72. The lowest BCUT2D eigenvalue weighted by molar-refractivity contribution is 0.0666. The smallest absolute Gasteiger partial charge is 0.185 e. The number of hydrogen-bond donors (Lipinski definition) is 0. The number of benzene rings is 4. The quantitative estimate of drug-likeness (QED) is 0.187. The number of methoxy groups -OCH3 is 1. The predicted molar refractivity (Wildman–Crippen MR) is 160 cm³/mol. The maximum atomic E-state index is 14.7. The van der Waals surface area contributed by atoms with Crippen LogP contribution in [0.5, 0.6) is 5.75 Å². The molecule has 1 spiro atoms. The molecule has 0 radical (unpaired) electrons. The molecule has 3 atom stereocenters. The van der Waals surface area contributed by atoms with Crippen LogP contribution in [0.2, 0.25) is 10.0 Å². The molecular weight excluding hydrogens is 557 g/mol. The van der Waals surface area contributed by atoms with E-state index in [0.717, 1.165) is 11.3 Å². The molecule has 5 nitrogen and oxygen atoms in total. The zero-order valence-electron chi connectivity index (χ0n) is 21.9. The molecule has 0 amide bonds. The molecule has 0 saturated carbocycles. The first-order valence-corrected chi connectivity index (χ1v) is 14.0. The summed E-state index contributed by atoms with van der Waals surface area (Å²) in [7, 11) is 1.56. The van der Waals surface area contributed by atoms with Crippen molar-refractivity contribution in [1.82, 2.24) is 0 Å². The maximum absolute atomic E-state index is 14.7. The Morgan fingerprint density at radius 1 is 0.854 bits per heavy atom. The largest absolute Gasteiger partial charge is 0.497 e. The highest BCUT2D eigenvalue weighted by Gasteiger charge is 2.71. The standard InChI is InChI=1S/C34H23Cl2NO4/c1-41-22-14-10-20(11-15-22)31(38)30-29(25-16-13-21(35)18-26(25)36)34(32(39)23-7-3-4-8-24(23)33(34)40)28-17-12-19-6-2-5-9-27(19)37(28)30/h2-18,28-30H,1H3/t28-,29+,30+/m1/s1. The van der Waals surface area contributed by atoms with E-state index in [1.807, 2.05) is 41.3 Å². The number of ketones is 3. The fourth-order valence-electron chi connectivity index (χ4n) is 6.94. The summed E-state index contributed by atoms with van der Waals surface area (Å²) in [5, 5.41) is 0.710. The van der Waals surface area contributed by atoms with E-state index in [4.69, 9.17) is 27.9 Å². The van der Waals surface area contributed by atoms with Crippen LogP contribution in [-0.4, -0.2) is 36.5 Å². The van der Waals surface area contributed by atoms with Crippen molar-refractivity contribution >= 4 is 52.3 Å². The maximum Gasteiger partial charge on any atom is 0.185 e. The Hall–Kier alpha value is -4.19. The molecule has 2 heterocycles. The Balaban J connectivity index is 1.55. The van der Waals surface area contributed by atoms with E-state index in [1.54, 1.807) is 73.8 Å². The third-order valence-corrected chi connectivity index (χ3v) is 9.22. The van der Waals surface area contributed by atoms with Crippen molar-refractivity contribution in [3.05, 3.63) is 135 Å². The highest BCUT2D eigenvalue weighted by Crippen LogP contribution is 2.61. The number of carbonyl (C=O) groups excluding carboxylic acids is 3. The number of ether oxygens (including phenoxy) is 1. The SMILES string of the molecule is COc1ccc(C(=O)[C@@H]2[C@H](c3ccc(Cl)cc3Cl)C3(C(=O)c4ccccc4C3=O)[C@H]3C=Cc4ccccc4N23)cc1. The van der Waals surface area contributed by atoms with Crippen LogP contribution in [0.15, 0.2) is 97.1 Å². The van der Waals surface area contributed by atoms with Crippen LogP contribution in [0, 0.1) is 5.41 Å². The Labute approximate surface area is 247 Å². The van der Waals surface area contributed by atoms with Gasteiger partial charge in [0.05, 0.1) is 13.2 Å². The first kappa shape index (κ1) is 25.8. The average Bonchev–Trinajstić information content (AvgIpc) is 3.43. The van der Waals surface area contributed by atoms with Gasteiger partial charge in [-0.15, -0.1) is 0 Å². The topological polar surface area (TPSA) is 63.7 Å². The van der Waals surface area contributed by atoms with E-state index in [1.165, 1.54) is 0 Å². The molecule has 41 heavy (non-hydrogen) atoms. The van der Waals surface area contributed by atoms with Gasteiger partial charge in [0, 0.05) is 38.3 Å². The molecule has 7 rings (SSSR count). The first-order chi connectivity index (χ1) is 19.9. The molecule has 0 aromatic heterocycles. The number of halogens is 2. The van der Waals surface area contributed by atoms with Crippen LogP contribution in [0.25, 0.3) is 6.08 Å². The van der Waals surface area contributed by atoms with Crippen molar-refractivity contribution in [2.24, 2.45) is 5.41 Å². The Bertz CT molecular complexity index is 1760. The van der Waals surface area contributed by atoms with E-state index >= 15 is 0 Å². The van der Waals surface area contributed by atoms with Crippen molar-refractivity contribution < 1.29 is 19.1 Å². The second kappa shape index (κ2) is 9.44. The Morgan fingerprint density at radius 2 is 1.51 bits per heavy atom. The molecule has 202 valence electrons. The van der Waals surface area contributed by atoms with Crippen molar-refractivity contribution in [2.75, 3.05) is 12.0 Å². The molecule has 3 aliphatic rings. The second-order valence-corrected chi connectivity index (χ2v) is 11.4. The Kier molecular flexibility index (Phi) is 5.93. The van der Waals surface area contributed by atoms with Gasteiger partial charge in [0.25, 0.3) is 0 Å². The molecule has 2 aliphatic heterocycles. The van der Waals surface area contributed by atoms with Crippen LogP contribution < -0.4 is 9.64 Å². The lowest BCUT2D eigenvalue weighted by atomic mass is 9.64. The van der Waals surface area contributed by atoms with Crippen molar-refractivity contribution in [3.63, 3.8) is 0 Å². The number of nitrogens with zero attached hydrogens (tertiary/aromatic N) is 1. The van der Waals surface area contributed by atoms with Gasteiger partial charge in [-0.2, -0.15) is 0 Å². The van der Waals surface area contributed by atoms with Crippen molar-refractivity contribution in [1.29, 1.82) is 0 Å². The van der Waals surface area contributed by atoms with Crippen molar-refractivity contribution in [2.45, 2.75) is 18.0 Å². The van der Waals surface area contributed by atoms with Crippen molar-refractivity contribution in [3.8, 4) is 5.75 Å². The lowest BCUT2D eigenvalue weighted by Crippen LogP contribution is -2.48. The average molecular weight is 580 g/mol. The number of anilines is 1. The molecule has 4 aromatic rings. The zero-order chi connectivity index (χ0) is 28.5. The summed E-state index contributed by atoms with van der Waals surface area (Å²) >= 11 is 13.2. The molecule has 0 bridgehead atoms. The number of rotatable bonds is 4. The minimum Gasteiger partial charge on any atom is -0.497 e. The molecule has 4 aromatic carbocycles. The van der Waals surface area contributed by atoms with E-state index < -0.39 is 23.4 Å². The van der Waals surface area contributed by atoms with Crippen LogP contribution in [0.3, 0.4) is 0 Å². The summed E-state index contributed by atoms with van der Waals surface area (Å²) in [6.07, 6.45) is 3.82. The summed E-state index contributed by atoms with van der Waals surface area (Å²) in [5.74, 6) is -1.14. The minimum atomic E-state index is -1.63. The molecule has 1 aliphatic carbocycles. The van der Waals surface area contributed by atoms with Crippen LogP contribution in [0.4, 0.5) is 5.69 Å². The Morgan fingerprint density at radius 3 is 2.17 bits per heavy atom. The van der Waals surface area contributed by atoms with Crippen LogP contribution >= 0.6 is 23.2 Å². The summed E-state index contributed by atoms with van der Waals surface area (Å²) in [6.45, 7) is 0. The zero-order valence-corrected chi connectivity index (χ0v) is 23.4. The van der Waals surface area contributed by atoms with Gasteiger partial charge in [-0.3, -0.25) is 14.4 Å². The number of Topliss-reactive ketones (excluding diaryl/α,β-unsaturated/α-hetero) is 3. The van der Waals surface area contributed by atoms with E-state index in [-0.39, 0.29) is 17.3 Å². The van der Waals surface area contributed by atoms with E-state index in [2.05, 4.69) is 0 Å². The predicted octanol–water partition coefficient (Wildman–Crippen LogP) is 7.32. The van der Waals surface area contributed by atoms with Gasteiger partial charge >= 0.3 is 0 Å². The minimum absolute atomic E-state index is 0.229. The molecule has 0 N–H and O–H groups in total.